The molecular formula is C26H40F3N5O4S. The monoisotopic (exact) mass is 575 g/mol. The predicted octanol–water partition coefficient (Wildman–Crippen LogP) is 2.55. The summed E-state index contributed by atoms with van der Waals surface area (Å²) in [4.78, 5) is 53.0. The lowest BCUT2D eigenvalue weighted by Crippen LogP contribution is -2.60. The molecule has 3 heterocycles. The summed E-state index contributed by atoms with van der Waals surface area (Å²) in [6.07, 6.45) is -1.84. The number of piperidine rings is 1. The lowest BCUT2D eigenvalue weighted by atomic mass is 9.83. The zero-order valence-electron chi connectivity index (χ0n) is 23.2. The van der Waals surface area contributed by atoms with Crippen molar-refractivity contribution < 1.29 is 32.3 Å². The van der Waals surface area contributed by atoms with Crippen LogP contribution in [0, 0.1) is 22.7 Å². The molecule has 0 aliphatic carbocycles. The molecule has 220 valence electrons. The number of carbonyl (C=O) groups excluding carboxylic acids is 4. The summed E-state index contributed by atoms with van der Waals surface area (Å²) in [7, 11) is -1.38. The fraction of sp³-hybridized carbons (Fsp3) is 0.808. The van der Waals surface area contributed by atoms with Crippen molar-refractivity contribution in [1.29, 1.82) is 5.26 Å². The molecule has 3 saturated heterocycles. The minimum Gasteiger partial charge on any atom is -0.351 e. The van der Waals surface area contributed by atoms with Crippen LogP contribution in [0.2, 0.25) is 0 Å². The maximum Gasteiger partial charge on any atom is 0.471 e. The lowest BCUT2D eigenvalue weighted by molar-refractivity contribution is -0.176. The lowest BCUT2D eigenvalue weighted by Gasteiger charge is -2.36. The normalized spacial score (nSPS) is 26.7. The van der Waals surface area contributed by atoms with Crippen molar-refractivity contribution in [2.45, 2.75) is 96.6 Å². The van der Waals surface area contributed by atoms with Crippen molar-refractivity contribution in [3.63, 3.8) is 0 Å². The van der Waals surface area contributed by atoms with E-state index in [1.807, 2.05) is 25.2 Å². The Bertz CT molecular complexity index is 1030. The molecule has 0 radical (unpaired) electrons. The molecule has 3 N–H and O–H groups in total. The van der Waals surface area contributed by atoms with E-state index in [2.05, 4.69) is 10.6 Å². The molecule has 13 heteroatoms. The molecule has 4 amide bonds. The summed E-state index contributed by atoms with van der Waals surface area (Å²) in [6, 6.07) is -1.38. The standard InChI is InChI=1S/C26H40F3N5O4S/c1-24(2,3)19(32-23(38)26(27,28)29)22(37)34-15-39(10-6-7-11-39)14-18(34)21(36)31-17(13-30)12-16-8-9-25(4,5)33-20(16)35/h16-19H,6-12,14-15H2,1-5H3,(H,31,36)(H,32,38)(H,33,35)/t16-,17-,18-,19+/m0/s1. The van der Waals surface area contributed by atoms with Crippen LogP contribution in [-0.2, 0) is 19.2 Å². The van der Waals surface area contributed by atoms with Gasteiger partial charge in [0.1, 0.15) is 18.1 Å². The van der Waals surface area contributed by atoms with E-state index in [9.17, 15) is 37.6 Å². The van der Waals surface area contributed by atoms with Crippen molar-refractivity contribution >= 4 is 33.7 Å². The zero-order valence-corrected chi connectivity index (χ0v) is 24.1. The van der Waals surface area contributed by atoms with Gasteiger partial charge in [-0.1, -0.05) is 20.8 Å². The van der Waals surface area contributed by atoms with Crippen molar-refractivity contribution in [2.24, 2.45) is 11.3 Å². The summed E-state index contributed by atoms with van der Waals surface area (Å²) in [6.45, 7) is 8.49. The van der Waals surface area contributed by atoms with Gasteiger partial charge in [-0.25, -0.2) is 10.0 Å². The first-order valence-electron chi connectivity index (χ1n) is 13.3. The van der Waals surface area contributed by atoms with Crippen molar-refractivity contribution in [2.75, 3.05) is 23.1 Å². The van der Waals surface area contributed by atoms with E-state index in [1.165, 1.54) is 4.90 Å². The highest BCUT2D eigenvalue weighted by molar-refractivity contribution is 8.34. The minimum atomic E-state index is -5.16. The van der Waals surface area contributed by atoms with Crippen molar-refractivity contribution in [3.05, 3.63) is 0 Å². The first-order valence-corrected chi connectivity index (χ1v) is 15.6. The number of halogens is 3. The number of alkyl halides is 3. The predicted molar refractivity (Wildman–Crippen MR) is 141 cm³/mol. The average molecular weight is 576 g/mol. The third kappa shape index (κ3) is 7.38. The van der Waals surface area contributed by atoms with Gasteiger partial charge in [-0.2, -0.15) is 18.4 Å². The second-order valence-corrected chi connectivity index (χ2v) is 16.6. The quantitative estimate of drug-likeness (QED) is 0.448. The Morgan fingerprint density at radius 3 is 2.31 bits per heavy atom. The first kappa shape index (κ1) is 31.0. The van der Waals surface area contributed by atoms with E-state index in [0.29, 0.717) is 12.2 Å². The van der Waals surface area contributed by atoms with Crippen molar-refractivity contribution in [3.8, 4) is 6.07 Å². The SMILES string of the molecule is CC1(C)CC[C@@H](C[C@@H](C#N)NC(=O)[C@@H]2CS3(CCCC3)CN2C(=O)[C@@H](NC(=O)C(F)(F)F)C(C)(C)C)C(=O)N1. The zero-order chi connectivity index (χ0) is 29.4. The average Bonchev–Trinajstić information content (AvgIpc) is 3.43. The van der Waals surface area contributed by atoms with E-state index < -0.39 is 63.4 Å². The van der Waals surface area contributed by atoms with Gasteiger partial charge in [-0.05, 0) is 62.9 Å². The van der Waals surface area contributed by atoms with Crippen LogP contribution >= 0.6 is 10.0 Å². The molecule has 0 unspecified atom stereocenters. The third-order valence-electron chi connectivity index (χ3n) is 7.88. The van der Waals surface area contributed by atoms with E-state index in [4.69, 9.17) is 0 Å². The van der Waals surface area contributed by atoms with Crippen LogP contribution in [0.1, 0.15) is 66.7 Å². The summed E-state index contributed by atoms with van der Waals surface area (Å²) in [5.41, 5.74) is -1.40. The Morgan fingerprint density at radius 2 is 1.79 bits per heavy atom. The number of carbonyl (C=O) groups is 4. The number of nitriles is 1. The maximum atomic E-state index is 13.7. The fourth-order valence-corrected chi connectivity index (χ4v) is 10.1. The Kier molecular flexibility index (Phi) is 8.90. The van der Waals surface area contributed by atoms with Gasteiger partial charge in [0.25, 0.3) is 0 Å². The summed E-state index contributed by atoms with van der Waals surface area (Å²) >= 11 is 0. The van der Waals surface area contributed by atoms with Gasteiger partial charge in [-0.15, -0.1) is 0 Å². The molecular weight excluding hydrogens is 535 g/mol. The first-order chi connectivity index (χ1) is 17.9. The molecule has 4 atom stereocenters. The second-order valence-electron chi connectivity index (χ2n) is 12.8. The van der Waals surface area contributed by atoms with Crippen LogP contribution in [-0.4, -0.2) is 81.5 Å². The summed E-state index contributed by atoms with van der Waals surface area (Å²) in [5, 5.41) is 17.2. The van der Waals surface area contributed by atoms with Crippen LogP contribution < -0.4 is 16.0 Å². The number of rotatable bonds is 6. The molecule has 39 heavy (non-hydrogen) atoms. The van der Waals surface area contributed by atoms with E-state index >= 15 is 0 Å². The van der Waals surface area contributed by atoms with Gasteiger partial charge in [0.15, 0.2) is 0 Å². The Balaban J connectivity index is 1.80. The second kappa shape index (κ2) is 11.2. The van der Waals surface area contributed by atoms with Gasteiger partial charge in [0, 0.05) is 17.2 Å². The Labute approximate surface area is 229 Å². The van der Waals surface area contributed by atoms with Gasteiger partial charge < -0.3 is 20.9 Å². The summed E-state index contributed by atoms with van der Waals surface area (Å²) < 4.78 is 39.2. The number of nitrogens with one attached hydrogen (secondary N) is 3. The molecule has 0 saturated carbocycles. The van der Waals surface area contributed by atoms with Gasteiger partial charge in [0.2, 0.25) is 17.7 Å². The largest absolute Gasteiger partial charge is 0.471 e. The summed E-state index contributed by atoms with van der Waals surface area (Å²) in [5.74, 6) is -1.74. The number of nitrogens with zero attached hydrogens (tertiary/aromatic N) is 2. The molecule has 0 bridgehead atoms. The van der Waals surface area contributed by atoms with E-state index in [0.717, 1.165) is 30.8 Å². The topological polar surface area (TPSA) is 131 Å². The van der Waals surface area contributed by atoms with Gasteiger partial charge in [0.05, 0.1) is 11.9 Å². The Hall–Kier alpha value is -2.49. The number of amides is 4. The highest BCUT2D eigenvalue weighted by atomic mass is 32.3. The van der Waals surface area contributed by atoms with Crippen LogP contribution in [0.15, 0.2) is 0 Å². The highest BCUT2D eigenvalue weighted by Gasteiger charge is 2.51. The Morgan fingerprint density at radius 1 is 1.18 bits per heavy atom. The molecule has 3 aliphatic heterocycles. The van der Waals surface area contributed by atoms with Gasteiger partial charge >= 0.3 is 12.1 Å². The maximum absolute atomic E-state index is 13.7. The smallest absolute Gasteiger partial charge is 0.351 e. The molecule has 0 aromatic heterocycles. The van der Waals surface area contributed by atoms with Crippen LogP contribution in [0.5, 0.6) is 0 Å². The molecule has 3 rings (SSSR count). The third-order valence-corrected chi connectivity index (χ3v) is 12.0. The van der Waals surface area contributed by atoms with Crippen molar-refractivity contribution in [1.82, 2.24) is 20.9 Å². The number of hydrogen-bond acceptors (Lipinski definition) is 5. The molecule has 0 aromatic carbocycles. The highest BCUT2D eigenvalue weighted by Crippen LogP contribution is 2.59. The molecule has 3 aliphatic rings. The number of hydrogen-bond donors (Lipinski definition) is 3. The molecule has 0 aromatic rings. The molecule has 1 spiro atoms. The minimum absolute atomic E-state index is 0.120. The molecule has 9 nitrogen and oxygen atoms in total. The van der Waals surface area contributed by atoms with Crippen LogP contribution in [0.4, 0.5) is 13.2 Å². The molecule has 3 fully saturated rings. The fourth-order valence-electron chi connectivity index (χ4n) is 5.62. The van der Waals surface area contributed by atoms with E-state index in [-0.39, 0.29) is 23.7 Å². The van der Waals surface area contributed by atoms with Crippen LogP contribution in [0.25, 0.3) is 0 Å². The van der Waals surface area contributed by atoms with Crippen LogP contribution in [0.3, 0.4) is 0 Å². The van der Waals surface area contributed by atoms with E-state index in [1.54, 1.807) is 20.8 Å². The van der Waals surface area contributed by atoms with Gasteiger partial charge in [-0.3, -0.25) is 19.2 Å².